The van der Waals surface area contributed by atoms with Gasteiger partial charge in [0, 0.05) is 11.6 Å². The molecule has 106 valence electrons. The molecule has 1 aromatic heterocycles. The number of sulfonamides is 1. The molecule has 0 aliphatic carbocycles. The van der Waals surface area contributed by atoms with Gasteiger partial charge in [-0.25, -0.2) is 8.42 Å². The van der Waals surface area contributed by atoms with Crippen LogP contribution in [0.4, 0.5) is 0 Å². The van der Waals surface area contributed by atoms with E-state index in [2.05, 4.69) is 14.4 Å². The maximum Gasteiger partial charge on any atom is 0.321 e. The summed E-state index contributed by atoms with van der Waals surface area (Å²) in [7, 11) is -3.79. The Bertz CT molecular complexity index is 723. The number of hydrogen-bond donors (Lipinski definition) is 1. The van der Waals surface area contributed by atoms with Crippen LogP contribution in [0.25, 0.3) is 10.9 Å². The average Bonchev–Trinajstić information content (AvgIpc) is 2.45. The summed E-state index contributed by atoms with van der Waals surface area (Å²) >= 11 is 0. The van der Waals surface area contributed by atoms with E-state index in [9.17, 15) is 13.2 Å². The van der Waals surface area contributed by atoms with Crippen molar-refractivity contribution in [2.45, 2.75) is 11.8 Å². The maximum absolute atomic E-state index is 12.2. The zero-order valence-corrected chi connectivity index (χ0v) is 11.7. The molecule has 1 N–H and O–H groups in total. The van der Waals surface area contributed by atoms with Gasteiger partial charge < -0.3 is 4.74 Å². The van der Waals surface area contributed by atoms with Gasteiger partial charge >= 0.3 is 5.97 Å². The number of hydrogen-bond acceptors (Lipinski definition) is 5. The van der Waals surface area contributed by atoms with Crippen molar-refractivity contribution in [1.29, 1.82) is 0 Å². The zero-order valence-electron chi connectivity index (χ0n) is 10.9. The summed E-state index contributed by atoms with van der Waals surface area (Å²) in [4.78, 5) is 15.4. The topological polar surface area (TPSA) is 85.4 Å². The highest BCUT2D eigenvalue weighted by molar-refractivity contribution is 7.89. The smallest absolute Gasteiger partial charge is 0.321 e. The van der Waals surface area contributed by atoms with E-state index in [1.807, 2.05) is 0 Å². The van der Waals surface area contributed by atoms with Crippen molar-refractivity contribution in [3.8, 4) is 0 Å². The molecule has 0 saturated carbocycles. The number of benzene rings is 1. The van der Waals surface area contributed by atoms with E-state index < -0.39 is 22.5 Å². The van der Waals surface area contributed by atoms with E-state index in [0.29, 0.717) is 10.9 Å². The lowest BCUT2D eigenvalue weighted by Crippen LogP contribution is -2.30. The molecule has 0 spiro atoms. The minimum absolute atomic E-state index is 0.0902. The summed E-state index contributed by atoms with van der Waals surface area (Å²) in [6, 6.07) is 8.12. The van der Waals surface area contributed by atoms with Crippen molar-refractivity contribution in [2.24, 2.45) is 0 Å². The van der Waals surface area contributed by atoms with Crippen LogP contribution in [0.5, 0.6) is 0 Å². The van der Waals surface area contributed by atoms with Crippen LogP contribution in [-0.2, 0) is 19.6 Å². The van der Waals surface area contributed by atoms with Crippen molar-refractivity contribution >= 4 is 26.9 Å². The number of aromatic nitrogens is 1. The fourth-order valence-electron chi connectivity index (χ4n) is 1.75. The van der Waals surface area contributed by atoms with Gasteiger partial charge in [0.1, 0.15) is 6.54 Å². The van der Waals surface area contributed by atoms with Crippen molar-refractivity contribution in [3.63, 3.8) is 0 Å². The van der Waals surface area contributed by atoms with Gasteiger partial charge in [0.25, 0.3) is 0 Å². The third-order valence-electron chi connectivity index (χ3n) is 2.61. The maximum atomic E-state index is 12.2. The van der Waals surface area contributed by atoms with Crippen molar-refractivity contribution < 1.29 is 17.9 Å². The summed E-state index contributed by atoms with van der Waals surface area (Å²) < 4.78 is 31.3. The summed E-state index contributed by atoms with van der Waals surface area (Å²) in [6.45, 7) is 1.47. The molecule has 1 heterocycles. The average molecular weight is 294 g/mol. The molecule has 6 nitrogen and oxygen atoms in total. The minimum atomic E-state index is -3.79. The van der Waals surface area contributed by atoms with Gasteiger partial charge in [-0.05, 0) is 31.2 Å². The molecule has 0 amide bonds. The van der Waals surface area contributed by atoms with E-state index >= 15 is 0 Å². The molecule has 0 aliphatic heterocycles. The Labute approximate surface area is 116 Å². The van der Waals surface area contributed by atoms with Crippen molar-refractivity contribution in [2.75, 3.05) is 13.2 Å². The molecule has 0 radical (unpaired) electrons. The van der Waals surface area contributed by atoms with Gasteiger partial charge in [-0.15, -0.1) is 0 Å². The quantitative estimate of drug-likeness (QED) is 0.834. The van der Waals surface area contributed by atoms with Crippen molar-refractivity contribution in [3.05, 3.63) is 36.5 Å². The number of fused-ring (bicyclic) bond motifs is 1. The van der Waals surface area contributed by atoms with Crippen molar-refractivity contribution in [1.82, 2.24) is 9.71 Å². The Morgan fingerprint density at radius 3 is 2.85 bits per heavy atom. The minimum Gasteiger partial charge on any atom is -0.465 e. The second-order valence-corrected chi connectivity index (χ2v) is 5.69. The van der Waals surface area contributed by atoms with E-state index in [1.165, 1.54) is 6.07 Å². The molecular weight excluding hydrogens is 280 g/mol. The number of ether oxygens (including phenoxy) is 1. The number of pyridine rings is 1. The first-order valence-corrected chi connectivity index (χ1v) is 7.52. The molecule has 0 unspecified atom stereocenters. The van der Waals surface area contributed by atoms with Gasteiger partial charge in [-0.1, -0.05) is 6.07 Å². The van der Waals surface area contributed by atoms with Crippen LogP contribution in [0.3, 0.4) is 0 Å². The number of esters is 1. The van der Waals surface area contributed by atoms with E-state index in [4.69, 9.17) is 0 Å². The molecule has 2 aromatic rings. The fourth-order valence-corrected chi connectivity index (χ4v) is 2.94. The van der Waals surface area contributed by atoms with Crippen LogP contribution in [0.2, 0.25) is 0 Å². The van der Waals surface area contributed by atoms with Crippen LogP contribution >= 0.6 is 0 Å². The first kappa shape index (κ1) is 14.4. The van der Waals surface area contributed by atoms with Gasteiger partial charge in [0.05, 0.1) is 17.0 Å². The number of rotatable bonds is 5. The lowest BCUT2D eigenvalue weighted by Gasteiger charge is -2.08. The Balaban J connectivity index is 2.30. The van der Waals surface area contributed by atoms with Crippen LogP contribution < -0.4 is 4.72 Å². The largest absolute Gasteiger partial charge is 0.465 e. The zero-order chi connectivity index (χ0) is 14.6. The second-order valence-electron chi connectivity index (χ2n) is 3.96. The summed E-state index contributed by atoms with van der Waals surface area (Å²) in [5.74, 6) is -0.616. The highest BCUT2D eigenvalue weighted by Crippen LogP contribution is 2.20. The predicted molar refractivity (Wildman–Crippen MR) is 73.6 cm³/mol. The molecule has 0 aliphatic rings. The lowest BCUT2D eigenvalue weighted by molar-refractivity contribution is -0.141. The number of carbonyl (C=O) groups excluding carboxylic acids is 1. The molecule has 0 saturated heterocycles. The third kappa shape index (κ3) is 3.12. The molecule has 0 atom stereocenters. The molecule has 0 fully saturated rings. The van der Waals surface area contributed by atoms with Gasteiger partial charge in [-0.3, -0.25) is 9.78 Å². The Morgan fingerprint density at radius 2 is 2.10 bits per heavy atom. The van der Waals surface area contributed by atoms with Crippen LogP contribution in [0.15, 0.2) is 41.4 Å². The van der Waals surface area contributed by atoms with E-state index in [0.717, 1.165) is 0 Å². The number of carbonyl (C=O) groups is 1. The van der Waals surface area contributed by atoms with E-state index in [1.54, 1.807) is 37.4 Å². The predicted octanol–water partition coefficient (Wildman–Crippen LogP) is 1.08. The molecule has 0 bridgehead atoms. The Morgan fingerprint density at radius 1 is 1.30 bits per heavy atom. The summed E-state index contributed by atoms with van der Waals surface area (Å²) in [5, 5.41) is 0.506. The first-order valence-electron chi connectivity index (χ1n) is 6.03. The van der Waals surface area contributed by atoms with Crippen LogP contribution in [0, 0.1) is 0 Å². The monoisotopic (exact) mass is 294 g/mol. The Hall–Kier alpha value is -1.99. The standard InChI is InChI=1S/C13H14N2O4S/c1-2-19-13(16)9-15-20(17,18)12-7-3-6-11-10(12)5-4-8-14-11/h3-8,15H,2,9H2,1H3. The number of nitrogens with zero attached hydrogens (tertiary/aromatic N) is 1. The lowest BCUT2D eigenvalue weighted by atomic mass is 10.2. The third-order valence-corrected chi connectivity index (χ3v) is 4.07. The first-order chi connectivity index (χ1) is 9.54. The van der Waals surface area contributed by atoms with Gasteiger partial charge in [-0.2, -0.15) is 4.72 Å². The summed E-state index contributed by atoms with van der Waals surface area (Å²) in [6.07, 6.45) is 1.59. The summed E-state index contributed by atoms with van der Waals surface area (Å²) in [5.41, 5.74) is 0.575. The normalized spacial score (nSPS) is 11.4. The second kappa shape index (κ2) is 5.98. The SMILES string of the molecule is CCOC(=O)CNS(=O)(=O)c1cccc2ncccc12. The van der Waals surface area contributed by atoms with Crippen LogP contribution in [0.1, 0.15) is 6.92 Å². The van der Waals surface area contributed by atoms with Gasteiger partial charge in [0.2, 0.25) is 10.0 Å². The van der Waals surface area contributed by atoms with Crippen LogP contribution in [-0.4, -0.2) is 32.5 Å². The fraction of sp³-hybridized carbons (Fsp3) is 0.231. The molecule has 1 aromatic carbocycles. The molecule has 7 heteroatoms. The molecule has 20 heavy (non-hydrogen) atoms. The highest BCUT2D eigenvalue weighted by atomic mass is 32.2. The number of nitrogens with one attached hydrogen (secondary N) is 1. The highest BCUT2D eigenvalue weighted by Gasteiger charge is 2.18. The van der Waals surface area contributed by atoms with E-state index in [-0.39, 0.29) is 11.5 Å². The Kier molecular flexibility index (Phi) is 4.31. The molecular formula is C13H14N2O4S. The van der Waals surface area contributed by atoms with Gasteiger partial charge in [0.15, 0.2) is 0 Å². The molecule has 2 rings (SSSR count).